The van der Waals surface area contributed by atoms with Crippen molar-refractivity contribution >= 4 is 23.0 Å². The van der Waals surface area contributed by atoms with Crippen molar-refractivity contribution < 1.29 is 4.74 Å². The Balaban J connectivity index is 1.61. The minimum absolute atomic E-state index is 0.0513. The average Bonchev–Trinajstić information content (AvgIpc) is 3.36. The van der Waals surface area contributed by atoms with Crippen molar-refractivity contribution in [1.82, 2.24) is 19.9 Å². The zero-order valence-corrected chi connectivity index (χ0v) is 20.3. The lowest BCUT2D eigenvalue weighted by Gasteiger charge is -2.28. The van der Waals surface area contributed by atoms with Crippen LogP contribution in [0, 0.1) is 13.8 Å². The number of benzene rings is 1. The van der Waals surface area contributed by atoms with E-state index in [9.17, 15) is 0 Å². The van der Waals surface area contributed by atoms with Crippen molar-refractivity contribution in [2.75, 3.05) is 12.0 Å². The summed E-state index contributed by atoms with van der Waals surface area (Å²) in [5, 5.41) is 4.23. The van der Waals surface area contributed by atoms with E-state index >= 15 is 0 Å². The van der Waals surface area contributed by atoms with E-state index in [4.69, 9.17) is 17.0 Å². The molecule has 7 heteroatoms. The third kappa shape index (κ3) is 4.03. The van der Waals surface area contributed by atoms with E-state index in [1.807, 2.05) is 42.7 Å². The van der Waals surface area contributed by atoms with Crippen molar-refractivity contribution in [3.63, 3.8) is 0 Å². The lowest BCUT2D eigenvalue weighted by molar-refractivity contribution is 0.415. The molecule has 0 bridgehead atoms. The molecule has 1 fully saturated rings. The van der Waals surface area contributed by atoms with Crippen LogP contribution in [-0.4, -0.2) is 26.8 Å². The van der Waals surface area contributed by atoms with Gasteiger partial charge in [-0.1, -0.05) is 12.1 Å². The van der Waals surface area contributed by atoms with Crippen molar-refractivity contribution in [2.45, 2.75) is 32.5 Å². The number of ether oxygens (including phenoxy) is 1. The number of pyridine rings is 2. The van der Waals surface area contributed by atoms with Gasteiger partial charge in [-0.2, -0.15) is 0 Å². The van der Waals surface area contributed by atoms with Gasteiger partial charge in [0.25, 0.3) is 0 Å². The van der Waals surface area contributed by atoms with Crippen LogP contribution in [0.5, 0.6) is 5.75 Å². The third-order valence-electron chi connectivity index (χ3n) is 6.44. The van der Waals surface area contributed by atoms with Crippen LogP contribution in [0.15, 0.2) is 79.3 Å². The Bertz CT molecular complexity index is 1290. The number of nitrogens with zero attached hydrogens (tertiary/aromatic N) is 4. The van der Waals surface area contributed by atoms with Crippen LogP contribution in [0.3, 0.4) is 0 Å². The molecule has 1 aromatic carbocycles. The molecule has 0 unspecified atom stereocenters. The summed E-state index contributed by atoms with van der Waals surface area (Å²) in [7, 11) is 1.67. The van der Waals surface area contributed by atoms with Crippen LogP contribution in [-0.2, 0) is 6.54 Å². The summed E-state index contributed by atoms with van der Waals surface area (Å²) in [5.41, 5.74) is 6.77. The summed E-state index contributed by atoms with van der Waals surface area (Å²) in [4.78, 5) is 11.2. The molecule has 0 saturated carbocycles. The van der Waals surface area contributed by atoms with Crippen molar-refractivity contribution in [3.8, 4) is 5.75 Å². The molecule has 4 aromatic rings. The van der Waals surface area contributed by atoms with Gasteiger partial charge in [-0.05, 0) is 85.7 Å². The molecule has 0 amide bonds. The number of methoxy groups -OCH3 is 1. The summed E-state index contributed by atoms with van der Waals surface area (Å²) < 4.78 is 7.71. The molecule has 172 valence electrons. The number of aryl methyl sites for hydroxylation is 1. The highest BCUT2D eigenvalue weighted by molar-refractivity contribution is 7.80. The summed E-state index contributed by atoms with van der Waals surface area (Å²) >= 11 is 5.87. The molecule has 0 spiro atoms. The van der Waals surface area contributed by atoms with Gasteiger partial charge < -0.3 is 19.5 Å². The van der Waals surface area contributed by atoms with Gasteiger partial charge >= 0.3 is 0 Å². The van der Waals surface area contributed by atoms with Gasteiger partial charge in [0.1, 0.15) is 5.75 Å². The fraction of sp³-hybridized carbons (Fsp3) is 0.222. The Kier molecular flexibility index (Phi) is 6.02. The number of aromatic nitrogens is 3. The molecule has 6 nitrogen and oxygen atoms in total. The second-order valence-electron chi connectivity index (χ2n) is 8.47. The SMILES string of the molecule is COc1ccc(N2C(=S)N[C@H](c3ccccn3)[C@@H]2c2cc(C)n(Cc3cccnc3)c2C)cc1. The van der Waals surface area contributed by atoms with Gasteiger partial charge in [0, 0.05) is 42.2 Å². The Labute approximate surface area is 205 Å². The smallest absolute Gasteiger partial charge is 0.174 e. The molecule has 34 heavy (non-hydrogen) atoms. The maximum absolute atomic E-state index is 5.87. The van der Waals surface area contributed by atoms with E-state index in [0.29, 0.717) is 5.11 Å². The molecule has 1 saturated heterocycles. The van der Waals surface area contributed by atoms with E-state index in [2.05, 4.69) is 68.9 Å². The van der Waals surface area contributed by atoms with E-state index in [0.717, 1.165) is 23.7 Å². The fourth-order valence-electron chi connectivity index (χ4n) is 4.74. The predicted molar refractivity (Wildman–Crippen MR) is 138 cm³/mol. The Hall–Kier alpha value is -3.71. The molecule has 4 heterocycles. The van der Waals surface area contributed by atoms with E-state index < -0.39 is 0 Å². The number of hydrogen-bond acceptors (Lipinski definition) is 4. The van der Waals surface area contributed by atoms with Crippen molar-refractivity contribution in [3.05, 3.63) is 107 Å². The zero-order valence-electron chi connectivity index (χ0n) is 19.5. The number of hydrogen-bond donors (Lipinski definition) is 1. The zero-order chi connectivity index (χ0) is 23.7. The minimum atomic E-state index is -0.0804. The molecular formula is C27H27N5OS. The van der Waals surface area contributed by atoms with Gasteiger partial charge in [0.2, 0.25) is 0 Å². The van der Waals surface area contributed by atoms with Crippen LogP contribution in [0.2, 0.25) is 0 Å². The van der Waals surface area contributed by atoms with Crippen molar-refractivity contribution in [2.24, 2.45) is 0 Å². The molecule has 0 aliphatic carbocycles. The molecule has 1 aliphatic heterocycles. The van der Waals surface area contributed by atoms with Gasteiger partial charge in [0.15, 0.2) is 5.11 Å². The molecule has 0 radical (unpaired) electrons. The molecule has 1 aliphatic rings. The molecule has 1 N–H and O–H groups in total. The van der Waals surface area contributed by atoms with E-state index in [1.54, 1.807) is 13.3 Å². The Morgan fingerprint density at radius 2 is 1.85 bits per heavy atom. The quantitative estimate of drug-likeness (QED) is 0.395. The topological polar surface area (TPSA) is 55.2 Å². The maximum atomic E-state index is 5.87. The van der Waals surface area contributed by atoms with Gasteiger partial charge in [-0.25, -0.2) is 0 Å². The summed E-state index contributed by atoms with van der Waals surface area (Å²) in [6.45, 7) is 5.11. The van der Waals surface area contributed by atoms with E-state index in [1.165, 1.54) is 22.5 Å². The highest BCUT2D eigenvalue weighted by Gasteiger charge is 2.42. The first kappa shape index (κ1) is 22.1. The first-order valence-electron chi connectivity index (χ1n) is 11.3. The highest BCUT2D eigenvalue weighted by atomic mass is 32.1. The molecule has 3 aromatic heterocycles. The van der Waals surface area contributed by atoms with Crippen LogP contribution in [0.4, 0.5) is 5.69 Å². The number of thiocarbonyl (C=S) groups is 1. The molecule has 2 atom stereocenters. The number of nitrogens with one attached hydrogen (secondary N) is 1. The van der Waals surface area contributed by atoms with E-state index in [-0.39, 0.29) is 12.1 Å². The lowest BCUT2D eigenvalue weighted by atomic mass is 9.96. The second kappa shape index (κ2) is 9.27. The Morgan fingerprint density at radius 1 is 1.03 bits per heavy atom. The maximum Gasteiger partial charge on any atom is 0.174 e. The lowest BCUT2D eigenvalue weighted by Crippen LogP contribution is -2.29. The van der Waals surface area contributed by atoms with Gasteiger partial charge in [-0.15, -0.1) is 0 Å². The largest absolute Gasteiger partial charge is 0.497 e. The standard InChI is InChI=1S/C27H27N5OS/c1-18-15-23(19(2)31(18)17-20-7-6-13-28-16-20)26-25(24-8-4-5-14-29-24)30-27(34)32(26)21-9-11-22(33-3)12-10-21/h4-16,25-26H,17H2,1-3H3,(H,30,34)/t25-,26+/m1/s1. The first-order valence-corrected chi connectivity index (χ1v) is 11.7. The van der Waals surface area contributed by atoms with Crippen LogP contribution < -0.4 is 15.0 Å². The summed E-state index contributed by atoms with van der Waals surface area (Å²) in [5.74, 6) is 0.814. The summed E-state index contributed by atoms with van der Waals surface area (Å²) in [6.07, 6.45) is 5.56. The molecular weight excluding hydrogens is 442 g/mol. The third-order valence-corrected chi connectivity index (χ3v) is 6.76. The number of anilines is 1. The Morgan fingerprint density at radius 3 is 2.53 bits per heavy atom. The van der Waals surface area contributed by atoms with Gasteiger partial charge in [-0.3, -0.25) is 9.97 Å². The monoisotopic (exact) mass is 469 g/mol. The fourth-order valence-corrected chi connectivity index (χ4v) is 5.08. The van der Waals surface area contributed by atoms with Crippen LogP contribution in [0.25, 0.3) is 0 Å². The average molecular weight is 470 g/mol. The normalized spacial score (nSPS) is 17.6. The van der Waals surface area contributed by atoms with Gasteiger partial charge in [0.05, 0.1) is 24.9 Å². The number of rotatable bonds is 6. The molecule has 5 rings (SSSR count). The minimum Gasteiger partial charge on any atom is -0.497 e. The summed E-state index contributed by atoms with van der Waals surface area (Å²) in [6, 6.07) is 20.3. The first-order chi connectivity index (χ1) is 16.6. The van der Waals surface area contributed by atoms with Crippen molar-refractivity contribution in [1.29, 1.82) is 0 Å². The van der Waals surface area contributed by atoms with Crippen LogP contribution >= 0.6 is 12.2 Å². The predicted octanol–water partition coefficient (Wildman–Crippen LogP) is 5.13. The highest BCUT2D eigenvalue weighted by Crippen LogP contribution is 2.43. The second-order valence-corrected chi connectivity index (χ2v) is 8.86. The van der Waals surface area contributed by atoms with Crippen LogP contribution in [0.1, 0.15) is 40.3 Å².